The molecule has 1 aromatic carbocycles. The van der Waals surface area contributed by atoms with Crippen LogP contribution in [0.3, 0.4) is 0 Å². The Balaban J connectivity index is 2.37. The summed E-state index contributed by atoms with van der Waals surface area (Å²) in [5, 5.41) is 2.12. The Morgan fingerprint density at radius 1 is 1.26 bits per heavy atom. The lowest BCUT2D eigenvalue weighted by atomic mass is 10.2. The highest BCUT2D eigenvalue weighted by Gasteiger charge is 2.36. The molecule has 3 nitrogen and oxygen atoms in total. The van der Waals surface area contributed by atoms with E-state index in [1.165, 1.54) is 6.92 Å². The summed E-state index contributed by atoms with van der Waals surface area (Å²) in [5.41, 5.74) is -1.23. The number of hydrogen-bond donors (Lipinski definition) is 1. The topological polar surface area (TPSA) is 37.8 Å². The molecule has 0 unspecified atom stereocenters. The number of aromatic amines is 1. The van der Waals surface area contributed by atoms with Crippen LogP contribution in [0.4, 0.5) is 13.2 Å². The molecule has 102 valence electrons. The predicted octanol–water partition coefficient (Wildman–Crippen LogP) is 3.31. The van der Waals surface area contributed by atoms with Crippen molar-refractivity contribution in [3.05, 3.63) is 55.9 Å². The van der Waals surface area contributed by atoms with E-state index in [0.717, 1.165) is 14.7 Å². The van der Waals surface area contributed by atoms with E-state index in [1.54, 1.807) is 24.3 Å². The maximum absolute atomic E-state index is 12.6. The Bertz CT molecular complexity index is 640. The molecule has 0 saturated carbocycles. The minimum atomic E-state index is -4.55. The highest BCUT2D eigenvalue weighted by molar-refractivity contribution is 9.10. The van der Waals surface area contributed by atoms with Crippen molar-refractivity contribution in [2.24, 2.45) is 0 Å². The third kappa shape index (κ3) is 2.91. The van der Waals surface area contributed by atoms with Gasteiger partial charge in [0.05, 0.1) is 6.54 Å². The van der Waals surface area contributed by atoms with Gasteiger partial charge < -0.3 is 0 Å². The van der Waals surface area contributed by atoms with Crippen LogP contribution in [0.25, 0.3) is 0 Å². The average molecular weight is 335 g/mol. The quantitative estimate of drug-likeness (QED) is 0.898. The fourth-order valence-corrected chi connectivity index (χ4v) is 2.00. The Morgan fingerprint density at radius 2 is 1.84 bits per heavy atom. The largest absolute Gasteiger partial charge is 0.433 e. The first-order valence-electron chi connectivity index (χ1n) is 5.40. The summed E-state index contributed by atoms with van der Waals surface area (Å²) in [6.45, 7) is 1.24. The molecule has 0 radical (unpaired) electrons. The molecule has 19 heavy (non-hydrogen) atoms. The van der Waals surface area contributed by atoms with E-state index in [0.29, 0.717) is 0 Å². The van der Waals surface area contributed by atoms with E-state index in [-0.39, 0.29) is 12.1 Å². The van der Waals surface area contributed by atoms with Gasteiger partial charge in [0.25, 0.3) is 5.56 Å². The molecule has 0 saturated heterocycles. The third-order valence-corrected chi connectivity index (χ3v) is 3.25. The maximum atomic E-state index is 12.6. The van der Waals surface area contributed by atoms with Gasteiger partial charge >= 0.3 is 6.18 Å². The van der Waals surface area contributed by atoms with Gasteiger partial charge in [-0.05, 0) is 24.6 Å². The zero-order chi connectivity index (χ0) is 14.2. The maximum Gasteiger partial charge on any atom is 0.433 e. The highest BCUT2D eigenvalue weighted by Crippen LogP contribution is 2.28. The number of nitrogens with one attached hydrogen (secondary N) is 1. The predicted molar refractivity (Wildman–Crippen MR) is 68.0 cm³/mol. The first kappa shape index (κ1) is 13.9. The SMILES string of the molecule is Cc1c(C(F)(F)F)[nH]n(Cc2ccc(Br)cc2)c1=O. The van der Waals surface area contributed by atoms with Crippen LogP contribution in [0.15, 0.2) is 33.5 Å². The van der Waals surface area contributed by atoms with E-state index in [1.807, 2.05) is 0 Å². The Morgan fingerprint density at radius 3 is 2.32 bits per heavy atom. The van der Waals surface area contributed by atoms with Gasteiger partial charge in [0.1, 0.15) is 5.69 Å². The van der Waals surface area contributed by atoms with Crippen molar-refractivity contribution >= 4 is 15.9 Å². The van der Waals surface area contributed by atoms with Gasteiger partial charge in [-0.2, -0.15) is 13.2 Å². The molecule has 1 heterocycles. The van der Waals surface area contributed by atoms with E-state index < -0.39 is 17.4 Å². The van der Waals surface area contributed by atoms with Crippen LogP contribution in [0.5, 0.6) is 0 Å². The number of halogens is 4. The van der Waals surface area contributed by atoms with E-state index in [2.05, 4.69) is 21.0 Å². The van der Waals surface area contributed by atoms with Crippen LogP contribution in [0.1, 0.15) is 16.8 Å². The summed E-state index contributed by atoms with van der Waals surface area (Å²) >= 11 is 3.26. The molecule has 0 spiro atoms. The standard InChI is InChI=1S/C12H10BrF3N2O/c1-7-10(12(14,15)16)17-18(11(7)19)6-8-2-4-9(13)5-3-8/h2-5,17H,6H2,1H3. The number of rotatable bonds is 2. The van der Waals surface area contributed by atoms with Gasteiger partial charge in [0.2, 0.25) is 0 Å². The van der Waals surface area contributed by atoms with E-state index in [9.17, 15) is 18.0 Å². The molecule has 0 atom stereocenters. The molecule has 2 aromatic rings. The summed E-state index contributed by atoms with van der Waals surface area (Å²) in [6.07, 6.45) is -4.55. The summed E-state index contributed by atoms with van der Waals surface area (Å²) in [4.78, 5) is 11.7. The lowest BCUT2D eigenvalue weighted by Gasteiger charge is -2.05. The van der Waals surface area contributed by atoms with Crippen molar-refractivity contribution in [2.45, 2.75) is 19.6 Å². The zero-order valence-electron chi connectivity index (χ0n) is 9.88. The van der Waals surface area contributed by atoms with Crippen LogP contribution >= 0.6 is 15.9 Å². The average Bonchev–Trinajstić information content (AvgIpc) is 2.60. The highest BCUT2D eigenvalue weighted by atomic mass is 79.9. The van der Waals surface area contributed by atoms with E-state index in [4.69, 9.17) is 0 Å². The Kier molecular flexibility index (Phi) is 3.58. The van der Waals surface area contributed by atoms with E-state index >= 15 is 0 Å². The second kappa shape index (κ2) is 4.88. The van der Waals surface area contributed by atoms with Gasteiger partial charge in [0.15, 0.2) is 0 Å². The fraction of sp³-hybridized carbons (Fsp3) is 0.250. The number of benzene rings is 1. The third-order valence-electron chi connectivity index (χ3n) is 2.73. The normalized spacial score (nSPS) is 11.8. The molecule has 7 heteroatoms. The lowest BCUT2D eigenvalue weighted by Crippen LogP contribution is -2.18. The van der Waals surface area contributed by atoms with Crippen LogP contribution in [0, 0.1) is 6.92 Å². The first-order chi connectivity index (χ1) is 8.79. The smallest absolute Gasteiger partial charge is 0.291 e. The van der Waals surface area contributed by atoms with Crippen molar-refractivity contribution in [3.8, 4) is 0 Å². The van der Waals surface area contributed by atoms with Crippen molar-refractivity contribution in [1.29, 1.82) is 0 Å². The molecule has 2 rings (SSSR count). The molecule has 0 fully saturated rings. The molecule has 0 aliphatic rings. The van der Waals surface area contributed by atoms with Gasteiger partial charge in [-0.1, -0.05) is 28.1 Å². The van der Waals surface area contributed by atoms with Crippen LogP contribution in [-0.4, -0.2) is 9.78 Å². The molecule has 0 aliphatic carbocycles. The van der Waals surface area contributed by atoms with Gasteiger partial charge in [0, 0.05) is 10.0 Å². The number of H-pyrrole nitrogens is 1. The minimum absolute atomic E-state index is 0.0725. The van der Waals surface area contributed by atoms with Crippen molar-refractivity contribution in [1.82, 2.24) is 9.78 Å². The minimum Gasteiger partial charge on any atom is -0.291 e. The second-order valence-electron chi connectivity index (χ2n) is 4.13. The monoisotopic (exact) mass is 334 g/mol. The van der Waals surface area contributed by atoms with Crippen LogP contribution in [-0.2, 0) is 12.7 Å². The van der Waals surface area contributed by atoms with Gasteiger partial charge in [-0.3, -0.25) is 9.89 Å². The zero-order valence-corrected chi connectivity index (χ0v) is 11.5. The summed E-state index contributed by atoms with van der Waals surface area (Å²) in [7, 11) is 0. The second-order valence-corrected chi connectivity index (χ2v) is 5.04. The van der Waals surface area contributed by atoms with Crippen LogP contribution in [0.2, 0.25) is 0 Å². The number of aromatic nitrogens is 2. The molecular weight excluding hydrogens is 325 g/mol. The molecular formula is C12H10BrF3N2O. The van der Waals surface area contributed by atoms with Gasteiger partial charge in [-0.15, -0.1) is 0 Å². The molecule has 1 N–H and O–H groups in total. The van der Waals surface area contributed by atoms with Gasteiger partial charge in [-0.25, -0.2) is 4.68 Å². The summed E-state index contributed by atoms with van der Waals surface area (Å²) in [5.74, 6) is 0. The van der Waals surface area contributed by atoms with Crippen molar-refractivity contribution in [3.63, 3.8) is 0 Å². The fourth-order valence-electron chi connectivity index (χ4n) is 1.74. The van der Waals surface area contributed by atoms with Crippen LogP contribution < -0.4 is 5.56 Å². The molecule has 0 aliphatic heterocycles. The molecule has 0 amide bonds. The van der Waals surface area contributed by atoms with Crippen molar-refractivity contribution < 1.29 is 13.2 Å². The number of nitrogens with zero attached hydrogens (tertiary/aromatic N) is 1. The van der Waals surface area contributed by atoms with Crippen molar-refractivity contribution in [2.75, 3.05) is 0 Å². The summed E-state index contributed by atoms with van der Waals surface area (Å²) in [6, 6.07) is 7.00. The Hall–Kier alpha value is -1.50. The molecule has 0 bridgehead atoms. The first-order valence-corrected chi connectivity index (χ1v) is 6.19. The number of hydrogen-bond acceptors (Lipinski definition) is 1. The molecule has 1 aromatic heterocycles. The number of alkyl halides is 3. The Labute approximate surface area is 115 Å². The lowest BCUT2D eigenvalue weighted by molar-refractivity contribution is -0.141. The summed E-state index contributed by atoms with van der Waals surface area (Å²) < 4.78 is 39.8.